The summed E-state index contributed by atoms with van der Waals surface area (Å²) in [7, 11) is 0. The van der Waals surface area contributed by atoms with Crippen molar-refractivity contribution in [1.82, 2.24) is 14.7 Å². The van der Waals surface area contributed by atoms with Gasteiger partial charge in [0.15, 0.2) is 15.2 Å². The van der Waals surface area contributed by atoms with Crippen molar-refractivity contribution in [3.8, 4) is 0 Å². The Bertz CT molecular complexity index is 743. The average molecular weight is 256 g/mol. The van der Waals surface area contributed by atoms with Gasteiger partial charge in [0.25, 0.3) is 0 Å². The van der Waals surface area contributed by atoms with Gasteiger partial charge in [-0.05, 0) is 26.8 Å². The van der Waals surface area contributed by atoms with Crippen LogP contribution in [-0.4, -0.2) is 24.6 Å². The number of nitro groups is 2. The molecule has 3 N–H and O–H groups in total. The van der Waals surface area contributed by atoms with E-state index in [-0.39, 0.29) is 15.8 Å². The van der Waals surface area contributed by atoms with Crippen molar-refractivity contribution in [2.24, 2.45) is 0 Å². The lowest BCUT2D eigenvalue weighted by Crippen LogP contribution is -2.26. The molecule has 0 unspecified atom stereocenters. The van der Waals surface area contributed by atoms with Gasteiger partial charge in [-0.3, -0.25) is 0 Å². The summed E-state index contributed by atoms with van der Waals surface area (Å²) in [5, 5.41) is 26.6. The molecule has 2 rings (SSSR count). The molecule has 2 aromatic heterocycles. The highest BCUT2D eigenvalue weighted by atomic mass is 16.6. The molecule has 2 aromatic rings. The lowest BCUT2D eigenvalue weighted by Gasteiger charge is -1.91. The van der Waals surface area contributed by atoms with E-state index in [4.69, 9.17) is 5.73 Å². The Morgan fingerprint density at radius 1 is 1.39 bits per heavy atom. The summed E-state index contributed by atoms with van der Waals surface area (Å²) < 4.78 is 0.666. The number of aromatic nitrogens is 4. The minimum Gasteiger partial charge on any atom is -0.358 e. The van der Waals surface area contributed by atoms with Gasteiger partial charge in [0.2, 0.25) is 0 Å². The molecule has 18 heavy (non-hydrogen) atoms. The van der Waals surface area contributed by atoms with E-state index in [1.165, 1.54) is 6.92 Å². The van der Waals surface area contributed by atoms with Crippen LogP contribution in [-0.2, 0) is 0 Å². The van der Waals surface area contributed by atoms with E-state index in [1.54, 1.807) is 0 Å². The number of H-pyrrole nitrogens is 1. The molecule has 0 fully saturated rings. The van der Waals surface area contributed by atoms with Crippen molar-refractivity contribution in [2.75, 3.05) is 5.73 Å². The average Bonchev–Trinajstić information content (AvgIpc) is 2.62. The third-order valence-electron chi connectivity index (χ3n) is 2.29. The van der Waals surface area contributed by atoms with Crippen LogP contribution in [0.15, 0.2) is 0 Å². The van der Waals surface area contributed by atoms with Gasteiger partial charge in [-0.1, -0.05) is 0 Å². The van der Waals surface area contributed by atoms with E-state index in [2.05, 4.69) is 5.10 Å². The zero-order valence-electron chi connectivity index (χ0n) is 8.85. The molecule has 0 saturated carbocycles. The van der Waals surface area contributed by atoms with Gasteiger partial charge in [0.1, 0.15) is 0 Å². The Morgan fingerprint density at radius 3 is 2.50 bits per heavy atom. The zero-order valence-corrected chi connectivity index (χ0v) is 8.85. The molecule has 0 spiro atoms. The Hall–Kier alpha value is -3.05. The van der Waals surface area contributed by atoms with Gasteiger partial charge < -0.3 is 26.0 Å². The van der Waals surface area contributed by atoms with Gasteiger partial charge in [0, 0.05) is 4.52 Å². The van der Waals surface area contributed by atoms with Crippen molar-refractivity contribution in [1.29, 1.82) is 0 Å². The quantitative estimate of drug-likeness (QED) is 0.405. The number of nitrogens with two attached hydrogens (primary N) is 1. The number of nitrogen functional groups attached to an aromatic ring is 1. The van der Waals surface area contributed by atoms with E-state index >= 15 is 0 Å². The van der Waals surface area contributed by atoms with Crippen molar-refractivity contribution < 1.29 is 14.4 Å². The molecule has 94 valence electrons. The first-order chi connectivity index (χ1) is 8.34. The first kappa shape index (κ1) is 11.4. The summed E-state index contributed by atoms with van der Waals surface area (Å²) in [6.07, 6.45) is 0. The van der Waals surface area contributed by atoms with Gasteiger partial charge in [0.05, 0.1) is 0 Å². The molecular formula is C6H6N7O5+. The molecule has 0 radical (unpaired) electrons. The maximum Gasteiger partial charge on any atom is 0.429 e. The molecule has 0 saturated heterocycles. The van der Waals surface area contributed by atoms with Crippen LogP contribution in [0.2, 0.25) is 0 Å². The second kappa shape index (κ2) is 3.47. The second-order valence-electron chi connectivity index (χ2n) is 3.34. The first-order valence-electron chi connectivity index (χ1n) is 4.47. The number of fused-ring (bicyclic) bond motifs is 1. The van der Waals surface area contributed by atoms with Crippen LogP contribution in [0.5, 0.6) is 0 Å². The van der Waals surface area contributed by atoms with Crippen LogP contribution in [0.4, 0.5) is 17.5 Å². The molecule has 12 nitrogen and oxygen atoms in total. The molecule has 0 bridgehead atoms. The van der Waals surface area contributed by atoms with Gasteiger partial charge in [-0.25, -0.2) is 0 Å². The topological polar surface area (TPSA) is 168 Å². The van der Waals surface area contributed by atoms with Gasteiger partial charge in [-0.15, -0.1) is 0 Å². The predicted molar refractivity (Wildman–Crippen MR) is 55.4 cm³/mol. The van der Waals surface area contributed by atoms with E-state index < -0.39 is 27.3 Å². The zero-order chi connectivity index (χ0) is 13.6. The maximum atomic E-state index is 11.5. The summed E-state index contributed by atoms with van der Waals surface area (Å²) in [6, 6.07) is 0. The number of hydrogen-bond acceptors (Lipinski definition) is 7. The summed E-state index contributed by atoms with van der Waals surface area (Å²) in [5.74, 6) is -1.90. The van der Waals surface area contributed by atoms with E-state index in [1.807, 2.05) is 5.10 Å². The minimum atomic E-state index is -0.925. The monoisotopic (exact) mass is 256 g/mol. The fourth-order valence-corrected chi connectivity index (χ4v) is 1.50. The fourth-order valence-electron chi connectivity index (χ4n) is 1.50. The maximum absolute atomic E-state index is 11.5. The predicted octanol–water partition coefficient (Wildman–Crippen LogP) is -0.716. The second-order valence-corrected chi connectivity index (χ2v) is 3.34. The lowest BCUT2D eigenvalue weighted by atomic mass is 10.3. The van der Waals surface area contributed by atoms with E-state index in [0.29, 0.717) is 4.52 Å². The molecule has 0 aliphatic rings. The molecule has 0 aliphatic carbocycles. The number of anilines is 1. The third-order valence-corrected chi connectivity index (χ3v) is 2.29. The molecule has 0 amide bonds. The lowest BCUT2D eigenvalue weighted by molar-refractivity contribution is -0.553. The molecule has 0 aliphatic heterocycles. The van der Waals surface area contributed by atoms with Crippen LogP contribution in [0.1, 0.15) is 5.56 Å². The number of aryl methyl sites for hydroxylation is 1. The van der Waals surface area contributed by atoms with Crippen LogP contribution < -0.4 is 10.3 Å². The van der Waals surface area contributed by atoms with Crippen LogP contribution in [0, 0.1) is 32.1 Å². The Labute approximate surface area is 96.5 Å². The van der Waals surface area contributed by atoms with E-state index in [9.17, 15) is 25.1 Å². The normalized spacial score (nSPS) is 10.7. The van der Waals surface area contributed by atoms with Crippen molar-refractivity contribution in [3.63, 3.8) is 0 Å². The number of rotatable bonds is 2. The molecule has 0 aromatic carbocycles. The summed E-state index contributed by atoms with van der Waals surface area (Å²) in [6.45, 7) is 1.29. The van der Waals surface area contributed by atoms with Crippen LogP contribution in [0.25, 0.3) is 5.65 Å². The standard InChI is InChI=1S/C6H6N7O5/c1-2-4(12(15)16)8-10-3(7)5(13(17)18)9-11(14)6(2)10/h7H2,1H3,(H,9,14)/q+1. The summed E-state index contributed by atoms with van der Waals surface area (Å²) in [4.78, 5) is 31.1. The number of nitrogens with zero attached hydrogens (tertiary/aromatic N) is 5. The summed E-state index contributed by atoms with van der Waals surface area (Å²) >= 11 is 0. The number of hydrogen-bond donors (Lipinski definition) is 2. The van der Waals surface area contributed by atoms with Crippen molar-refractivity contribution in [3.05, 3.63) is 30.7 Å². The number of nitrogens with one attached hydrogen (secondary N) is 1. The Kier molecular flexibility index (Phi) is 2.21. The van der Waals surface area contributed by atoms with Crippen LogP contribution >= 0.6 is 0 Å². The smallest absolute Gasteiger partial charge is 0.358 e. The van der Waals surface area contributed by atoms with Gasteiger partial charge >= 0.3 is 23.1 Å². The number of aromatic amines is 1. The Morgan fingerprint density at radius 2 is 2.00 bits per heavy atom. The molecular weight excluding hydrogens is 250 g/mol. The van der Waals surface area contributed by atoms with Crippen molar-refractivity contribution >= 4 is 23.1 Å². The minimum absolute atomic E-state index is 0.00380. The highest BCUT2D eigenvalue weighted by Gasteiger charge is 2.36. The highest BCUT2D eigenvalue weighted by Crippen LogP contribution is 2.23. The van der Waals surface area contributed by atoms with Gasteiger partial charge in [-0.2, -0.15) is 0 Å². The molecule has 12 heteroatoms. The van der Waals surface area contributed by atoms with E-state index in [0.717, 1.165) is 0 Å². The highest BCUT2D eigenvalue weighted by molar-refractivity contribution is 5.58. The fraction of sp³-hybridized carbons (Fsp3) is 0.167. The Balaban J connectivity index is 2.99. The first-order valence-corrected chi connectivity index (χ1v) is 4.47. The summed E-state index contributed by atoms with van der Waals surface area (Å²) in [5.41, 5.74) is 5.10. The SMILES string of the molecule is Cc1c([N+](=O)[O-])nn2c(N)c([N+](=O)[O-])[nH][n+](=O)c12. The largest absolute Gasteiger partial charge is 0.429 e. The van der Waals surface area contributed by atoms with Crippen molar-refractivity contribution in [2.45, 2.75) is 6.92 Å². The molecule has 0 atom stereocenters. The van der Waals surface area contributed by atoms with Crippen LogP contribution in [0.3, 0.4) is 0 Å². The third kappa shape index (κ3) is 1.35. The molecule has 2 heterocycles.